The molecule has 0 saturated heterocycles. The van der Waals surface area contributed by atoms with Crippen molar-refractivity contribution in [3.05, 3.63) is 102 Å². The molecule has 2 heterocycles. The third-order valence-corrected chi connectivity index (χ3v) is 4.90. The van der Waals surface area contributed by atoms with E-state index in [-0.39, 0.29) is 0 Å². The van der Waals surface area contributed by atoms with Gasteiger partial charge in [-0.1, -0.05) is 78.9 Å². The first-order valence-electron chi connectivity index (χ1n) is 8.89. The van der Waals surface area contributed by atoms with Gasteiger partial charge in [0.15, 0.2) is 0 Å². The van der Waals surface area contributed by atoms with E-state index in [9.17, 15) is 0 Å². The van der Waals surface area contributed by atoms with Crippen LogP contribution in [-0.2, 0) is 6.42 Å². The maximum absolute atomic E-state index is 4.89. The summed E-state index contributed by atoms with van der Waals surface area (Å²) in [6, 6.07) is 29.4. The van der Waals surface area contributed by atoms with Gasteiger partial charge in [0.25, 0.3) is 0 Å². The van der Waals surface area contributed by atoms with Crippen LogP contribution < -0.4 is 5.32 Å². The van der Waals surface area contributed by atoms with Crippen LogP contribution in [0.1, 0.15) is 11.3 Å². The Morgan fingerprint density at radius 1 is 0.692 bits per heavy atom. The third-order valence-electron chi connectivity index (χ3n) is 4.90. The Balaban J connectivity index is 1.55. The van der Waals surface area contributed by atoms with Crippen molar-refractivity contribution in [3.63, 3.8) is 0 Å². The Labute approximate surface area is 152 Å². The third kappa shape index (κ3) is 2.56. The van der Waals surface area contributed by atoms with Crippen molar-refractivity contribution in [2.75, 3.05) is 5.32 Å². The Morgan fingerprint density at radius 2 is 1.50 bits per heavy atom. The highest BCUT2D eigenvalue weighted by Crippen LogP contribution is 2.34. The van der Waals surface area contributed by atoms with Crippen LogP contribution in [0.5, 0.6) is 0 Å². The maximum Gasteiger partial charge on any atom is 0.0868 e. The van der Waals surface area contributed by atoms with Crippen LogP contribution in [0.4, 0.5) is 5.69 Å². The Morgan fingerprint density at radius 3 is 2.42 bits per heavy atom. The van der Waals surface area contributed by atoms with E-state index in [0.29, 0.717) is 0 Å². The van der Waals surface area contributed by atoms with Gasteiger partial charge in [-0.3, -0.25) is 0 Å². The lowest BCUT2D eigenvalue weighted by atomic mass is 9.98. The van der Waals surface area contributed by atoms with Crippen molar-refractivity contribution in [2.45, 2.75) is 6.42 Å². The normalized spacial score (nSPS) is 13.0. The molecule has 0 spiro atoms. The van der Waals surface area contributed by atoms with E-state index in [2.05, 4.69) is 78.1 Å². The summed E-state index contributed by atoms with van der Waals surface area (Å²) in [6.07, 6.45) is 3.15. The van der Waals surface area contributed by atoms with Crippen LogP contribution in [0.15, 0.2) is 91.0 Å². The molecule has 0 amide bonds. The van der Waals surface area contributed by atoms with Gasteiger partial charge in [0.1, 0.15) is 0 Å². The van der Waals surface area contributed by atoms with Crippen molar-refractivity contribution in [2.24, 2.45) is 0 Å². The molecule has 0 saturated carbocycles. The number of benzene rings is 3. The van der Waals surface area contributed by atoms with Crippen molar-refractivity contribution >= 4 is 22.2 Å². The van der Waals surface area contributed by atoms with Gasteiger partial charge in [-0.2, -0.15) is 0 Å². The molecule has 3 aromatic carbocycles. The highest BCUT2D eigenvalue weighted by atomic mass is 14.9. The summed E-state index contributed by atoms with van der Waals surface area (Å²) in [6.45, 7) is 0. The second-order valence-electron chi connectivity index (χ2n) is 6.54. The van der Waals surface area contributed by atoms with Gasteiger partial charge in [-0.05, 0) is 29.5 Å². The summed E-state index contributed by atoms with van der Waals surface area (Å²) >= 11 is 0. The molecule has 0 radical (unpaired) electrons. The molecule has 1 N–H and O–H groups in total. The van der Waals surface area contributed by atoms with Gasteiger partial charge in [-0.15, -0.1) is 0 Å². The predicted molar refractivity (Wildman–Crippen MR) is 109 cm³/mol. The first-order valence-corrected chi connectivity index (χ1v) is 8.89. The molecule has 26 heavy (non-hydrogen) atoms. The summed E-state index contributed by atoms with van der Waals surface area (Å²) in [7, 11) is 0. The minimum absolute atomic E-state index is 0.916. The molecular weight excluding hydrogens is 316 g/mol. The number of pyridine rings is 1. The number of anilines is 1. The van der Waals surface area contributed by atoms with Gasteiger partial charge >= 0.3 is 0 Å². The zero-order valence-corrected chi connectivity index (χ0v) is 14.3. The van der Waals surface area contributed by atoms with Gasteiger partial charge in [0, 0.05) is 16.6 Å². The molecule has 2 nitrogen and oxygen atoms in total. The average molecular weight is 334 g/mol. The zero-order valence-electron chi connectivity index (χ0n) is 14.3. The number of fused-ring (bicyclic) bond motifs is 3. The molecule has 0 aliphatic carbocycles. The van der Waals surface area contributed by atoms with E-state index < -0.39 is 0 Å². The summed E-state index contributed by atoms with van der Waals surface area (Å²) in [5.74, 6) is 0. The second kappa shape index (κ2) is 6.16. The molecular formula is C24H18N2. The number of rotatable bonds is 2. The van der Waals surface area contributed by atoms with Gasteiger partial charge < -0.3 is 5.32 Å². The summed E-state index contributed by atoms with van der Waals surface area (Å²) in [4.78, 5) is 4.89. The van der Waals surface area contributed by atoms with E-state index in [1.807, 2.05) is 18.2 Å². The second-order valence-corrected chi connectivity index (χ2v) is 6.54. The monoisotopic (exact) mass is 334 g/mol. The number of nitrogens with one attached hydrogen (secondary N) is 1. The summed E-state index contributed by atoms with van der Waals surface area (Å²) in [5.41, 5.74) is 6.71. The van der Waals surface area contributed by atoms with Crippen LogP contribution in [0.25, 0.3) is 27.7 Å². The first-order chi connectivity index (χ1) is 12.9. The molecule has 0 bridgehead atoms. The predicted octanol–water partition coefficient (Wildman–Crippen LogP) is 5.91. The largest absolute Gasteiger partial charge is 0.353 e. The maximum atomic E-state index is 4.89. The molecule has 0 fully saturated rings. The van der Waals surface area contributed by atoms with E-state index in [1.54, 1.807) is 0 Å². The molecule has 5 rings (SSSR count). The van der Waals surface area contributed by atoms with Crippen LogP contribution >= 0.6 is 0 Å². The Kier molecular flexibility index (Phi) is 3.53. The molecule has 0 unspecified atom stereocenters. The lowest BCUT2D eigenvalue weighted by Crippen LogP contribution is -2.09. The minimum Gasteiger partial charge on any atom is -0.353 e. The van der Waals surface area contributed by atoms with Gasteiger partial charge in [0.2, 0.25) is 0 Å². The van der Waals surface area contributed by atoms with E-state index in [0.717, 1.165) is 29.1 Å². The van der Waals surface area contributed by atoms with Crippen molar-refractivity contribution < 1.29 is 0 Å². The Bertz CT molecular complexity index is 1130. The van der Waals surface area contributed by atoms with E-state index >= 15 is 0 Å². The number of nitrogens with zero attached hydrogens (tertiary/aromatic N) is 1. The van der Waals surface area contributed by atoms with E-state index in [1.165, 1.54) is 22.0 Å². The molecule has 2 heteroatoms. The molecule has 4 aromatic rings. The lowest BCUT2D eigenvalue weighted by Gasteiger charge is -2.21. The number of hydrogen-bond acceptors (Lipinski definition) is 2. The first kappa shape index (κ1) is 14.9. The standard InChI is InChI=1S/C24H18N2/c1-2-8-18(9-3-1)21-11-6-12-22(25-21)23-16-15-19-14-13-17-7-4-5-10-20(17)24(19)26-23/h1-14,16,26H,15H2. The van der Waals surface area contributed by atoms with Crippen LogP contribution in [0.3, 0.4) is 0 Å². The minimum atomic E-state index is 0.916. The average Bonchev–Trinajstić information content (AvgIpc) is 2.74. The fourth-order valence-corrected chi connectivity index (χ4v) is 3.56. The zero-order chi connectivity index (χ0) is 17.3. The molecule has 124 valence electrons. The topological polar surface area (TPSA) is 24.9 Å². The van der Waals surface area contributed by atoms with Crippen molar-refractivity contribution in [1.82, 2.24) is 4.98 Å². The highest BCUT2D eigenvalue weighted by Gasteiger charge is 2.15. The van der Waals surface area contributed by atoms with E-state index in [4.69, 9.17) is 4.98 Å². The number of hydrogen-bond donors (Lipinski definition) is 1. The molecule has 1 aliphatic heterocycles. The number of aromatic nitrogens is 1. The molecule has 1 aliphatic rings. The highest BCUT2D eigenvalue weighted by molar-refractivity contribution is 6.00. The lowest BCUT2D eigenvalue weighted by molar-refractivity contribution is 1.20. The molecule has 0 atom stereocenters. The van der Waals surface area contributed by atoms with Gasteiger partial charge in [-0.25, -0.2) is 4.98 Å². The molecule has 1 aromatic heterocycles. The Hall–Kier alpha value is -3.39. The van der Waals surface area contributed by atoms with Crippen molar-refractivity contribution in [3.8, 4) is 11.3 Å². The van der Waals surface area contributed by atoms with Crippen LogP contribution in [0, 0.1) is 0 Å². The van der Waals surface area contributed by atoms with Gasteiger partial charge in [0.05, 0.1) is 17.1 Å². The SMILES string of the molecule is C1=C(c2cccc(-c3ccccc3)n2)Nc2c(ccc3ccccc23)C1. The smallest absolute Gasteiger partial charge is 0.0868 e. The number of allylic oxidation sites excluding steroid dienone is 1. The summed E-state index contributed by atoms with van der Waals surface area (Å²) in [5, 5.41) is 6.15. The summed E-state index contributed by atoms with van der Waals surface area (Å²) < 4.78 is 0. The fourth-order valence-electron chi connectivity index (χ4n) is 3.56. The fraction of sp³-hybridized carbons (Fsp3) is 0.0417. The van der Waals surface area contributed by atoms with Crippen LogP contribution in [0.2, 0.25) is 0 Å². The van der Waals surface area contributed by atoms with Crippen molar-refractivity contribution in [1.29, 1.82) is 0 Å². The van der Waals surface area contributed by atoms with Crippen LogP contribution in [-0.4, -0.2) is 4.98 Å². The quantitative estimate of drug-likeness (QED) is 0.493.